The Labute approximate surface area is 170 Å². The fourth-order valence-corrected chi connectivity index (χ4v) is 3.62. The molecular weight excluding hydrogens is 364 g/mol. The van der Waals surface area contributed by atoms with Crippen molar-refractivity contribution in [2.24, 2.45) is 11.8 Å². The van der Waals surface area contributed by atoms with Crippen LogP contribution in [0.25, 0.3) is 11.1 Å². The van der Waals surface area contributed by atoms with Crippen LogP contribution in [0.15, 0.2) is 55.0 Å². The molecule has 150 valence electrons. The van der Waals surface area contributed by atoms with E-state index in [0.717, 1.165) is 42.1 Å². The van der Waals surface area contributed by atoms with Gasteiger partial charge in [-0.2, -0.15) is 10.2 Å². The second-order valence-electron chi connectivity index (χ2n) is 7.92. The van der Waals surface area contributed by atoms with Crippen molar-refractivity contribution in [1.29, 1.82) is 0 Å². The third-order valence-corrected chi connectivity index (χ3v) is 5.11. The molecule has 2 aromatic heterocycles. The molecule has 0 aliphatic carbocycles. The van der Waals surface area contributed by atoms with E-state index < -0.39 is 0 Å². The Morgan fingerprint density at radius 3 is 2.76 bits per heavy atom. The smallest absolute Gasteiger partial charge is 0.229 e. The molecule has 29 heavy (non-hydrogen) atoms. The van der Waals surface area contributed by atoms with Gasteiger partial charge >= 0.3 is 0 Å². The van der Waals surface area contributed by atoms with Crippen molar-refractivity contribution in [3.8, 4) is 11.1 Å². The Balaban J connectivity index is 1.35. The highest BCUT2D eigenvalue weighted by Crippen LogP contribution is 2.24. The maximum absolute atomic E-state index is 12.7. The lowest BCUT2D eigenvalue weighted by Gasteiger charge is -2.16. The van der Waals surface area contributed by atoms with Gasteiger partial charge in [-0.25, -0.2) is 0 Å². The van der Waals surface area contributed by atoms with Crippen LogP contribution in [-0.2, 0) is 11.3 Å². The lowest BCUT2D eigenvalue weighted by molar-refractivity contribution is -0.119. The Morgan fingerprint density at radius 1 is 1.21 bits per heavy atom. The van der Waals surface area contributed by atoms with Gasteiger partial charge in [0, 0.05) is 43.3 Å². The van der Waals surface area contributed by atoms with E-state index in [1.807, 2.05) is 47.3 Å². The third kappa shape index (κ3) is 4.62. The van der Waals surface area contributed by atoms with Gasteiger partial charge in [0.25, 0.3) is 0 Å². The summed E-state index contributed by atoms with van der Waals surface area (Å²) in [5.41, 5.74) is 2.98. The van der Waals surface area contributed by atoms with Crippen LogP contribution in [0.1, 0.15) is 20.3 Å². The van der Waals surface area contributed by atoms with Gasteiger partial charge in [-0.05, 0) is 42.2 Å². The first kappa shape index (κ1) is 19.1. The number of amides is 1. The molecule has 1 amide bonds. The van der Waals surface area contributed by atoms with Crippen molar-refractivity contribution in [2.75, 3.05) is 23.3 Å². The summed E-state index contributed by atoms with van der Waals surface area (Å²) in [4.78, 5) is 14.8. The SMILES string of the molecule is CC(C)Cn1cc(-c2ccc(NC(=O)[C@H]3CCN(c4cccnn4)C3)cc2)cn1. The largest absolute Gasteiger partial charge is 0.354 e. The zero-order valence-electron chi connectivity index (χ0n) is 16.8. The first-order chi connectivity index (χ1) is 14.1. The summed E-state index contributed by atoms with van der Waals surface area (Å²) in [6, 6.07) is 11.7. The van der Waals surface area contributed by atoms with Crippen molar-refractivity contribution in [2.45, 2.75) is 26.8 Å². The fourth-order valence-electron chi connectivity index (χ4n) is 3.62. The molecule has 0 spiro atoms. The van der Waals surface area contributed by atoms with Gasteiger partial charge in [0.2, 0.25) is 5.91 Å². The second kappa shape index (κ2) is 8.43. The number of benzene rings is 1. The monoisotopic (exact) mass is 390 g/mol. The van der Waals surface area contributed by atoms with Crippen LogP contribution in [0.2, 0.25) is 0 Å². The van der Waals surface area contributed by atoms with Crippen LogP contribution in [0.4, 0.5) is 11.5 Å². The molecule has 0 saturated carbocycles. The Bertz CT molecular complexity index is 951. The number of carbonyl (C=O) groups is 1. The Hall–Kier alpha value is -3.22. The van der Waals surface area contributed by atoms with E-state index in [0.29, 0.717) is 12.5 Å². The molecule has 0 bridgehead atoms. The highest BCUT2D eigenvalue weighted by Gasteiger charge is 2.29. The molecule has 0 unspecified atom stereocenters. The highest BCUT2D eigenvalue weighted by atomic mass is 16.1. The average molecular weight is 390 g/mol. The molecule has 1 saturated heterocycles. The summed E-state index contributed by atoms with van der Waals surface area (Å²) in [5, 5.41) is 15.5. The third-order valence-electron chi connectivity index (χ3n) is 5.11. The summed E-state index contributed by atoms with van der Waals surface area (Å²) < 4.78 is 1.97. The summed E-state index contributed by atoms with van der Waals surface area (Å²) in [6.07, 6.45) is 6.42. The lowest BCUT2D eigenvalue weighted by Crippen LogP contribution is -2.27. The normalized spacial score (nSPS) is 16.4. The van der Waals surface area contributed by atoms with Crippen LogP contribution in [-0.4, -0.2) is 39.0 Å². The van der Waals surface area contributed by atoms with Gasteiger partial charge in [0.05, 0.1) is 12.1 Å². The number of aromatic nitrogens is 4. The molecule has 1 aromatic carbocycles. The van der Waals surface area contributed by atoms with E-state index in [4.69, 9.17) is 0 Å². The van der Waals surface area contributed by atoms with Crippen molar-refractivity contribution >= 4 is 17.4 Å². The van der Waals surface area contributed by atoms with Crippen LogP contribution >= 0.6 is 0 Å². The van der Waals surface area contributed by atoms with E-state index in [1.54, 1.807) is 6.20 Å². The predicted octanol–water partition coefficient (Wildman–Crippen LogP) is 3.46. The number of hydrogen-bond acceptors (Lipinski definition) is 5. The van der Waals surface area contributed by atoms with Gasteiger partial charge in [-0.3, -0.25) is 9.48 Å². The first-order valence-corrected chi connectivity index (χ1v) is 10.0. The van der Waals surface area contributed by atoms with Gasteiger partial charge < -0.3 is 10.2 Å². The molecule has 1 aliphatic heterocycles. The quantitative estimate of drug-likeness (QED) is 0.698. The maximum atomic E-state index is 12.7. The van der Waals surface area contributed by atoms with Crippen molar-refractivity contribution in [1.82, 2.24) is 20.0 Å². The van der Waals surface area contributed by atoms with Crippen molar-refractivity contribution < 1.29 is 4.79 Å². The number of anilines is 2. The fraction of sp³-hybridized carbons (Fsp3) is 0.364. The average Bonchev–Trinajstić information content (AvgIpc) is 3.39. The second-order valence-corrected chi connectivity index (χ2v) is 7.92. The number of rotatable bonds is 6. The van der Waals surface area contributed by atoms with Gasteiger partial charge in [0.15, 0.2) is 5.82 Å². The van der Waals surface area contributed by atoms with E-state index in [1.165, 1.54) is 0 Å². The number of carbonyl (C=O) groups excluding carboxylic acids is 1. The topological polar surface area (TPSA) is 75.9 Å². The van der Waals surface area contributed by atoms with Gasteiger partial charge in [0.1, 0.15) is 0 Å². The maximum Gasteiger partial charge on any atom is 0.229 e. The van der Waals surface area contributed by atoms with Crippen LogP contribution in [0, 0.1) is 11.8 Å². The molecule has 7 nitrogen and oxygen atoms in total. The van der Waals surface area contributed by atoms with Gasteiger partial charge in [-0.1, -0.05) is 26.0 Å². The summed E-state index contributed by atoms with van der Waals surface area (Å²) in [7, 11) is 0. The molecule has 0 radical (unpaired) electrons. The summed E-state index contributed by atoms with van der Waals surface area (Å²) >= 11 is 0. The first-order valence-electron chi connectivity index (χ1n) is 10.0. The molecule has 7 heteroatoms. The predicted molar refractivity (Wildman–Crippen MR) is 113 cm³/mol. The minimum absolute atomic E-state index is 0.0499. The van der Waals surface area contributed by atoms with Gasteiger partial charge in [-0.15, -0.1) is 5.10 Å². The molecular formula is C22H26N6O. The van der Waals surface area contributed by atoms with Crippen LogP contribution in [0.5, 0.6) is 0 Å². The molecule has 1 fully saturated rings. The minimum atomic E-state index is -0.0500. The number of nitrogens with one attached hydrogen (secondary N) is 1. The molecule has 1 atom stereocenters. The van der Waals surface area contributed by atoms with Crippen molar-refractivity contribution in [3.05, 3.63) is 55.0 Å². The number of nitrogens with zero attached hydrogens (tertiary/aromatic N) is 5. The van der Waals surface area contributed by atoms with Crippen LogP contribution in [0.3, 0.4) is 0 Å². The standard InChI is InChI=1S/C22H26N6O/c1-16(2)13-28-15-19(12-24-28)17-5-7-20(8-6-17)25-22(29)18-9-11-27(14-18)21-4-3-10-23-26-21/h3-8,10,12,15-16,18H,9,11,13-14H2,1-2H3,(H,25,29)/t18-/m0/s1. The van der Waals surface area contributed by atoms with E-state index >= 15 is 0 Å². The van der Waals surface area contributed by atoms with Crippen molar-refractivity contribution in [3.63, 3.8) is 0 Å². The molecule has 3 heterocycles. The molecule has 1 aliphatic rings. The molecule has 4 rings (SSSR count). The van der Waals surface area contributed by atoms with E-state index in [-0.39, 0.29) is 11.8 Å². The Kier molecular flexibility index (Phi) is 5.55. The minimum Gasteiger partial charge on any atom is -0.354 e. The number of hydrogen-bond donors (Lipinski definition) is 1. The molecule has 3 aromatic rings. The van der Waals surface area contributed by atoms with E-state index in [9.17, 15) is 4.79 Å². The zero-order valence-corrected chi connectivity index (χ0v) is 16.8. The van der Waals surface area contributed by atoms with E-state index in [2.05, 4.69) is 45.6 Å². The summed E-state index contributed by atoms with van der Waals surface area (Å²) in [6.45, 7) is 6.74. The summed E-state index contributed by atoms with van der Waals surface area (Å²) in [5.74, 6) is 1.38. The zero-order chi connectivity index (χ0) is 20.2. The highest BCUT2D eigenvalue weighted by molar-refractivity contribution is 5.93. The molecule has 1 N–H and O–H groups in total. The lowest BCUT2D eigenvalue weighted by atomic mass is 10.1. The Morgan fingerprint density at radius 2 is 2.03 bits per heavy atom. The van der Waals surface area contributed by atoms with Crippen LogP contribution < -0.4 is 10.2 Å².